The summed E-state index contributed by atoms with van der Waals surface area (Å²) in [7, 11) is -2.13. The second-order valence-corrected chi connectivity index (χ2v) is 7.96. The number of benzene rings is 1. The van der Waals surface area contributed by atoms with Gasteiger partial charge in [0.2, 0.25) is 10.0 Å². The lowest BCUT2D eigenvalue weighted by Crippen LogP contribution is -2.49. The van der Waals surface area contributed by atoms with Crippen LogP contribution in [0.4, 0.5) is 19.0 Å². The van der Waals surface area contributed by atoms with E-state index in [1.165, 1.54) is 29.6 Å². The van der Waals surface area contributed by atoms with Crippen molar-refractivity contribution in [2.24, 2.45) is 0 Å². The van der Waals surface area contributed by atoms with Crippen molar-refractivity contribution in [3.63, 3.8) is 0 Å². The van der Waals surface area contributed by atoms with Crippen molar-refractivity contribution in [2.45, 2.75) is 11.1 Å². The molecule has 3 rings (SSSR count). The van der Waals surface area contributed by atoms with Gasteiger partial charge in [-0.05, 0) is 30.3 Å². The monoisotopic (exact) mass is 402 g/mol. The van der Waals surface area contributed by atoms with Crippen LogP contribution in [0.25, 0.3) is 0 Å². The van der Waals surface area contributed by atoms with E-state index in [-0.39, 0.29) is 18.0 Å². The fourth-order valence-corrected chi connectivity index (χ4v) is 4.28. The number of sulfonamides is 1. The number of alkyl halides is 3. The number of anilines is 1. The number of aromatic amines is 1. The van der Waals surface area contributed by atoms with E-state index in [9.17, 15) is 21.6 Å². The van der Waals surface area contributed by atoms with Crippen LogP contribution in [0.1, 0.15) is 5.56 Å². The number of H-pyrrole nitrogens is 1. The van der Waals surface area contributed by atoms with Gasteiger partial charge in [-0.3, -0.25) is 4.90 Å². The van der Waals surface area contributed by atoms with Gasteiger partial charge in [0.1, 0.15) is 11.9 Å². The topological polar surface area (TPSA) is 64.0 Å². The molecule has 1 saturated heterocycles. The van der Waals surface area contributed by atoms with Gasteiger partial charge >= 0.3 is 6.18 Å². The van der Waals surface area contributed by atoms with Gasteiger partial charge in [0.05, 0.1) is 43.7 Å². The van der Waals surface area contributed by atoms with Crippen LogP contribution in [0.2, 0.25) is 0 Å². The first-order chi connectivity index (χ1) is 12.7. The fraction of sp³-hybridized carbons (Fsp3) is 0.353. The summed E-state index contributed by atoms with van der Waals surface area (Å²) in [5.74, 6) is 1.08. The minimum Gasteiger partial charge on any atom is -0.497 e. The highest BCUT2D eigenvalue weighted by Gasteiger charge is 2.34. The summed E-state index contributed by atoms with van der Waals surface area (Å²) in [4.78, 5) is 4.63. The number of piperazine rings is 1. The summed E-state index contributed by atoms with van der Waals surface area (Å²) in [6, 6.07) is 8.51. The molecule has 2 heterocycles. The van der Waals surface area contributed by atoms with Crippen LogP contribution in [-0.4, -0.2) is 46.0 Å². The maximum Gasteiger partial charge on any atom is 0.419 e. The van der Waals surface area contributed by atoms with E-state index in [1.807, 2.05) is 4.90 Å². The minimum absolute atomic E-state index is 0.179. The number of methoxy groups -OCH3 is 1. The molecule has 146 valence electrons. The van der Waals surface area contributed by atoms with Gasteiger partial charge in [0.15, 0.2) is 0 Å². The number of nitrogens with zero attached hydrogens (tertiary/aromatic N) is 2. The highest BCUT2D eigenvalue weighted by Crippen LogP contribution is 2.28. The summed E-state index contributed by atoms with van der Waals surface area (Å²) in [5.41, 5.74) is -0.757. The zero-order valence-electron chi connectivity index (χ0n) is 14.5. The highest BCUT2D eigenvalue weighted by molar-refractivity contribution is 7.89. The van der Waals surface area contributed by atoms with Gasteiger partial charge in [-0.15, -0.1) is 0 Å². The average molecular weight is 402 g/mol. The number of pyridine rings is 1. The van der Waals surface area contributed by atoms with Crippen molar-refractivity contribution in [3.8, 4) is 5.75 Å². The molecule has 0 amide bonds. The third-order valence-electron chi connectivity index (χ3n) is 4.40. The molecular formula is C17H19F3N3O3S+. The van der Waals surface area contributed by atoms with E-state index in [1.54, 1.807) is 12.1 Å². The van der Waals surface area contributed by atoms with Crippen LogP contribution < -0.4 is 14.6 Å². The SMILES string of the molecule is COc1ccc(S(=O)(=O)N2CCN(c3ccc(C(F)(F)F)c[nH+]3)CC2)cc1. The highest BCUT2D eigenvalue weighted by atomic mass is 32.2. The van der Waals surface area contributed by atoms with Gasteiger partial charge in [-0.25, -0.2) is 13.4 Å². The molecule has 1 N–H and O–H groups in total. The van der Waals surface area contributed by atoms with Gasteiger partial charge in [-0.2, -0.15) is 17.5 Å². The number of hydrogen-bond acceptors (Lipinski definition) is 4. The molecule has 0 unspecified atom stereocenters. The molecular weight excluding hydrogens is 383 g/mol. The van der Waals surface area contributed by atoms with Crippen LogP contribution in [0, 0.1) is 0 Å². The van der Waals surface area contributed by atoms with Crippen LogP contribution in [0.3, 0.4) is 0 Å². The Morgan fingerprint density at radius 2 is 1.63 bits per heavy atom. The lowest BCUT2D eigenvalue weighted by Gasteiger charge is -2.30. The van der Waals surface area contributed by atoms with Gasteiger partial charge in [-0.1, -0.05) is 0 Å². The van der Waals surface area contributed by atoms with Crippen LogP contribution in [0.15, 0.2) is 47.5 Å². The molecule has 10 heteroatoms. The van der Waals surface area contributed by atoms with Crippen molar-refractivity contribution in [1.29, 1.82) is 0 Å². The largest absolute Gasteiger partial charge is 0.497 e. The Hall–Kier alpha value is -2.33. The zero-order valence-corrected chi connectivity index (χ0v) is 15.3. The van der Waals surface area contributed by atoms with Gasteiger partial charge in [0, 0.05) is 6.07 Å². The first-order valence-corrected chi connectivity index (χ1v) is 9.64. The molecule has 2 aromatic rings. The van der Waals surface area contributed by atoms with E-state index in [2.05, 4.69) is 4.98 Å². The molecule has 1 aromatic carbocycles. The second kappa shape index (κ2) is 7.35. The molecule has 6 nitrogen and oxygen atoms in total. The molecule has 27 heavy (non-hydrogen) atoms. The first-order valence-electron chi connectivity index (χ1n) is 8.20. The quantitative estimate of drug-likeness (QED) is 0.785. The molecule has 1 aromatic heterocycles. The summed E-state index contributed by atoms with van der Waals surface area (Å²) in [6.07, 6.45) is -3.49. The number of hydrogen-bond donors (Lipinski definition) is 0. The predicted octanol–water partition coefficient (Wildman–Crippen LogP) is 2.04. The lowest BCUT2D eigenvalue weighted by atomic mass is 10.2. The summed E-state index contributed by atoms with van der Waals surface area (Å²) >= 11 is 0. The van der Waals surface area contributed by atoms with Crippen LogP contribution in [0.5, 0.6) is 5.75 Å². The van der Waals surface area contributed by atoms with Crippen molar-refractivity contribution in [2.75, 3.05) is 38.2 Å². The number of aromatic nitrogens is 1. The fourth-order valence-electron chi connectivity index (χ4n) is 2.86. The van der Waals surface area contributed by atoms with Crippen molar-refractivity contribution < 1.29 is 31.3 Å². The van der Waals surface area contributed by atoms with E-state index in [0.717, 1.165) is 12.3 Å². The van der Waals surface area contributed by atoms with Crippen molar-refractivity contribution in [3.05, 3.63) is 48.2 Å². The molecule has 0 aliphatic carbocycles. The van der Waals surface area contributed by atoms with E-state index < -0.39 is 21.8 Å². The first kappa shape index (κ1) is 19.4. The smallest absolute Gasteiger partial charge is 0.419 e. The number of nitrogens with one attached hydrogen (secondary N) is 1. The Bertz CT molecular complexity index is 876. The Morgan fingerprint density at radius 1 is 1.00 bits per heavy atom. The zero-order chi connectivity index (χ0) is 19.7. The molecule has 0 spiro atoms. The molecule has 0 radical (unpaired) electrons. The normalized spacial score (nSPS) is 16.4. The summed E-state index contributed by atoms with van der Waals surface area (Å²) in [5, 5.41) is 0. The van der Waals surface area contributed by atoms with Crippen LogP contribution >= 0.6 is 0 Å². The summed E-state index contributed by atoms with van der Waals surface area (Å²) < 4.78 is 69.8. The standard InChI is InChI=1S/C17H18F3N3O3S/c1-26-14-3-5-15(6-4-14)27(24,25)23-10-8-22(9-11-23)16-7-2-13(12-21-16)17(18,19)20/h2-7,12H,8-11H2,1H3/p+1. The van der Waals surface area contributed by atoms with Gasteiger partial charge in [0.25, 0.3) is 5.82 Å². The predicted molar refractivity (Wildman–Crippen MR) is 92.0 cm³/mol. The number of rotatable bonds is 4. The molecule has 1 aliphatic heterocycles. The third kappa shape index (κ3) is 4.16. The van der Waals surface area contributed by atoms with E-state index in [0.29, 0.717) is 24.7 Å². The second-order valence-electron chi connectivity index (χ2n) is 6.03. The molecule has 1 aliphatic rings. The van der Waals surface area contributed by atoms with E-state index >= 15 is 0 Å². The lowest BCUT2D eigenvalue weighted by molar-refractivity contribution is -0.367. The minimum atomic E-state index is -4.40. The molecule has 0 saturated carbocycles. The number of halogens is 3. The number of ether oxygens (including phenoxy) is 1. The Balaban J connectivity index is 1.67. The van der Waals surface area contributed by atoms with Crippen molar-refractivity contribution >= 4 is 15.8 Å². The van der Waals surface area contributed by atoms with Crippen molar-refractivity contribution in [1.82, 2.24) is 4.31 Å². The Morgan fingerprint density at radius 3 is 2.11 bits per heavy atom. The molecule has 0 atom stereocenters. The molecule has 1 fully saturated rings. The average Bonchev–Trinajstić information content (AvgIpc) is 2.67. The Labute approximate surface area is 155 Å². The van der Waals surface area contributed by atoms with Crippen LogP contribution in [-0.2, 0) is 16.2 Å². The van der Waals surface area contributed by atoms with E-state index in [4.69, 9.17) is 4.74 Å². The summed E-state index contributed by atoms with van der Waals surface area (Å²) in [6.45, 7) is 1.22. The Kier molecular flexibility index (Phi) is 5.29. The maximum absolute atomic E-state index is 12.7. The maximum atomic E-state index is 12.7. The van der Waals surface area contributed by atoms with Gasteiger partial charge < -0.3 is 4.74 Å². The molecule has 0 bridgehead atoms. The third-order valence-corrected chi connectivity index (χ3v) is 6.31.